The number of anilines is 1. The Morgan fingerprint density at radius 2 is 1.77 bits per heavy atom. The molecule has 0 aliphatic heterocycles. The van der Waals surface area contributed by atoms with Gasteiger partial charge >= 0.3 is 0 Å². The van der Waals surface area contributed by atoms with Gasteiger partial charge in [-0.3, -0.25) is 4.79 Å². The third kappa shape index (κ3) is 4.57. The maximum atomic E-state index is 12.4. The lowest BCUT2D eigenvalue weighted by atomic mass is 10.1. The number of hydrogen-bond acceptors (Lipinski definition) is 3. The van der Waals surface area contributed by atoms with E-state index in [1.807, 2.05) is 58.0 Å². The van der Waals surface area contributed by atoms with Crippen molar-refractivity contribution in [3.63, 3.8) is 0 Å². The van der Waals surface area contributed by atoms with Crippen LogP contribution in [0.25, 0.3) is 0 Å². The molecule has 0 radical (unpaired) electrons. The van der Waals surface area contributed by atoms with Gasteiger partial charge in [-0.2, -0.15) is 0 Å². The number of rotatable bonds is 8. The highest BCUT2D eigenvalue weighted by molar-refractivity contribution is 5.94. The molecule has 0 fully saturated rings. The predicted molar refractivity (Wildman–Crippen MR) is 106 cm³/mol. The molecule has 0 bridgehead atoms. The van der Waals surface area contributed by atoms with Crippen LogP contribution in [0.15, 0.2) is 36.4 Å². The fraction of sp³-hybridized carbons (Fsp3) is 0.409. The molecule has 4 heteroatoms. The largest absolute Gasteiger partial charge is 0.493 e. The van der Waals surface area contributed by atoms with Gasteiger partial charge in [0.25, 0.3) is 0 Å². The predicted octanol–water partition coefficient (Wildman–Crippen LogP) is 5.04. The topological polar surface area (TPSA) is 38.8 Å². The van der Waals surface area contributed by atoms with E-state index in [1.54, 1.807) is 4.90 Å². The molecule has 0 saturated carbocycles. The van der Waals surface area contributed by atoms with Crippen molar-refractivity contribution in [2.24, 2.45) is 0 Å². The first-order valence-electron chi connectivity index (χ1n) is 9.26. The summed E-state index contributed by atoms with van der Waals surface area (Å²) in [7, 11) is 0. The maximum Gasteiger partial charge on any atom is 0.226 e. The van der Waals surface area contributed by atoms with Crippen molar-refractivity contribution in [2.45, 2.75) is 47.6 Å². The Balaban J connectivity index is 2.38. The molecule has 2 aromatic rings. The first kappa shape index (κ1) is 19.8. The van der Waals surface area contributed by atoms with Gasteiger partial charge in [-0.15, -0.1) is 0 Å². The van der Waals surface area contributed by atoms with Crippen molar-refractivity contribution < 1.29 is 14.3 Å². The summed E-state index contributed by atoms with van der Waals surface area (Å²) in [4.78, 5) is 14.2. The zero-order valence-corrected chi connectivity index (χ0v) is 16.5. The highest BCUT2D eigenvalue weighted by atomic mass is 16.5. The van der Waals surface area contributed by atoms with Gasteiger partial charge in [0.15, 0.2) is 0 Å². The molecule has 0 aromatic heterocycles. The van der Waals surface area contributed by atoms with Gasteiger partial charge in [0.2, 0.25) is 5.91 Å². The fourth-order valence-corrected chi connectivity index (χ4v) is 3.03. The Bertz CT molecular complexity index is 755. The zero-order valence-electron chi connectivity index (χ0n) is 16.5. The standard InChI is InChI=1S/C22H29NO3/c1-6-22(24)23(7-2)19-10-9-11-21(25-8-3)18(19)15-26-20-13-12-16(4)14-17(20)5/h9-14H,6-8,15H2,1-5H3. The van der Waals surface area contributed by atoms with Gasteiger partial charge in [-0.25, -0.2) is 0 Å². The number of benzene rings is 2. The quantitative estimate of drug-likeness (QED) is 0.665. The van der Waals surface area contributed by atoms with Crippen LogP contribution >= 0.6 is 0 Å². The van der Waals surface area contributed by atoms with Crippen molar-refractivity contribution in [1.82, 2.24) is 0 Å². The number of carbonyl (C=O) groups excluding carboxylic acids is 1. The van der Waals surface area contributed by atoms with Crippen LogP contribution in [0.1, 0.15) is 43.9 Å². The van der Waals surface area contributed by atoms with Crippen LogP contribution < -0.4 is 14.4 Å². The van der Waals surface area contributed by atoms with Crippen LogP contribution in [0.2, 0.25) is 0 Å². The highest BCUT2D eigenvalue weighted by Crippen LogP contribution is 2.32. The van der Waals surface area contributed by atoms with Gasteiger partial charge < -0.3 is 14.4 Å². The van der Waals surface area contributed by atoms with Crippen LogP contribution in [0, 0.1) is 13.8 Å². The molecule has 4 nitrogen and oxygen atoms in total. The Labute approximate surface area is 156 Å². The number of nitrogens with zero attached hydrogens (tertiary/aromatic N) is 1. The fourth-order valence-electron chi connectivity index (χ4n) is 3.03. The minimum absolute atomic E-state index is 0.0916. The minimum Gasteiger partial charge on any atom is -0.493 e. The van der Waals surface area contributed by atoms with Gasteiger partial charge in [0.1, 0.15) is 18.1 Å². The lowest BCUT2D eigenvalue weighted by Gasteiger charge is -2.25. The molecule has 140 valence electrons. The molecule has 0 N–H and O–H groups in total. The summed E-state index contributed by atoms with van der Waals surface area (Å²) in [5.74, 6) is 1.70. The molecule has 2 rings (SSSR count). The molecule has 2 aromatic carbocycles. The van der Waals surface area contributed by atoms with Crippen LogP contribution in [0.4, 0.5) is 5.69 Å². The van der Waals surface area contributed by atoms with Gasteiger partial charge in [-0.1, -0.05) is 30.7 Å². The molecule has 0 atom stereocenters. The van der Waals surface area contributed by atoms with E-state index in [0.717, 1.165) is 28.3 Å². The van der Waals surface area contributed by atoms with E-state index in [1.165, 1.54) is 5.56 Å². The lowest BCUT2D eigenvalue weighted by Crippen LogP contribution is -2.31. The molecule has 0 aliphatic rings. The van der Waals surface area contributed by atoms with E-state index in [9.17, 15) is 4.79 Å². The van der Waals surface area contributed by atoms with Crippen molar-refractivity contribution in [2.75, 3.05) is 18.1 Å². The Hall–Kier alpha value is -2.49. The third-order valence-electron chi connectivity index (χ3n) is 4.32. The van der Waals surface area contributed by atoms with Crippen LogP contribution in [-0.4, -0.2) is 19.1 Å². The monoisotopic (exact) mass is 355 g/mol. The molecule has 0 aliphatic carbocycles. The van der Waals surface area contributed by atoms with Crippen LogP contribution in [0.3, 0.4) is 0 Å². The van der Waals surface area contributed by atoms with E-state index < -0.39 is 0 Å². The molecule has 0 heterocycles. The van der Waals surface area contributed by atoms with Gasteiger partial charge in [0, 0.05) is 13.0 Å². The third-order valence-corrected chi connectivity index (χ3v) is 4.32. The summed E-state index contributed by atoms with van der Waals surface area (Å²) in [6.07, 6.45) is 0.462. The number of ether oxygens (including phenoxy) is 2. The molecule has 26 heavy (non-hydrogen) atoms. The number of aryl methyl sites for hydroxylation is 2. The molecule has 0 saturated heterocycles. The molecular formula is C22H29NO3. The summed E-state index contributed by atoms with van der Waals surface area (Å²) in [5.41, 5.74) is 4.06. The lowest BCUT2D eigenvalue weighted by molar-refractivity contribution is -0.118. The summed E-state index contributed by atoms with van der Waals surface area (Å²) in [5, 5.41) is 0. The Morgan fingerprint density at radius 3 is 2.38 bits per heavy atom. The first-order valence-corrected chi connectivity index (χ1v) is 9.26. The van der Waals surface area contributed by atoms with Crippen molar-refractivity contribution in [3.8, 4) is 11.5 Å². The summed E-state index contributed by atoms with van der Waals surface area (Å²) < 4.78 is 11.9. The number of carbonyl (C=O) groups is 1. The first-order chi connectivity index (χ1) is 12.5. The smallest absolute Gasteiger partial charge is 0.226 e. The Kier molecular flexibility index (Phi) is 7.07. The van der Waals surface area contributed by atoms with E-state index >= 15 is 0 Å². The number of amides is 1. The van der Waals surface area contributed by atoms with Gasteiger partial charge in [0.05, 0.1) is 17.9 Å². The zero-order chi connectivity index (χ0) is 19.1. The highest BCUT2D eigenvalue weighted by Gasteiger charge is 2.19. The van der Waals surface area contributed by atoms with E-state index in [-0.39, 0.29) is 5.91 Å². The minimum atomic E-state index is 0.0916. The number of hydrogen-bond donors (Lipinski definition) is 0. The summed E-state index contributed by atoms with van der Waals surface area (Å²) in [6.45, 7) is 11.4. The molecule has 0 spiro atoms. The molecular weight excluding hydrogens is 326 g/mol. The molecule has 1 amide bonds. The molecule has 0 unspecified atom stereocenters. The summed E-state index contributed by atoms with van der Waals surface area (Å²) in [6, 6.07) is 11.9. The normalized spacial score (nSPS) is 10.5. The SMILES string of the molecule is CCOc1cccc(N(CC)C(=O)CC)c1COc1ccc(C)cc1C. The average molecular weight is 355 g/mol. The van der Waals surface area contributed by atoms with Crippen molar-refractivity contribution in [3.05, 3.63) is 53.1 Å². The van der Waals surface area contributed by atoms with E-state index in [0.29, 0.717) is 26.2 Å². The van der Waals surface area contributed by atoms with Gasteiger partial charge in [-0.05, 0) is 51.5 Å². The second kappa shape index (κ2) is 9.27. The van der Waals surface area contributed by atoms with Crippen LogP contribution in [0.5, 0.6) is 11.5 Å². The van der Waals surface area contributed by atoms with E-state index in [4.69, 9.17) is 9.47 Å². The Morgan fingerprint density at radius 1 is 1.00 bits per heavy atom. The van der Waals surface area contributed by atoms with Crippen LogP contribution in [-0.2, 0) is 11.4 Å². The van der Waals surface area contributed by atoms with Crippen molar-refractivity contribution >= 4 is 11.6 Å². The average Bonchev–Trinajstić information content (AvgIpc) is 2.63. The second-order valence-corrected chi connectivity index (χ2v) is 6.24. The van der Waals surface area contributed by atoms with Crippen molar-refractivity contribution in [1.29, 1.82) is 0 Å². The summed E-state index contributed by atoms with van der Waals surface area (Å²) >= 11 is 0. The van der Waals surface area contributed by atoms with E-state index in [2.05, 4.69) is 13.0 Å². The maximum absolute atomic E-state index is 12.4. The second-order valence-electron chi connectivity index (χ2n) is 6.24.